The molecule has 0 N–H and O–H groups in total. The van der Waals surface area contributed by atoms with Crippen molar-refractivity contribution in [2.45, 2.75) is 19.4 Å². The molecule has 0 radical (unpaired) electrons. The Morgan fingerprint density at radius 1 is 1.40 bits per heavy atom. The molecule has 3 atom stereocenters. The number of ether oxygens (including phenoxy) is 1. The molecule has 2 heteroatoms. The van der Waals surface area contributed by atoms with Crippen molar-refractivity contribution in [2.75, 3.05) is 14.2 Å². The Balaban J connectivity index is 2.21. The van der Waals surface area contributed by atoms with E-state index < -0.39 is 0 Å². The zero-order valence-corrected chi connectivity index (χ0v) is 12.5. The zero-order valence-electron chi connectivity index (χ0n) is 12.5. The maximum atomic E-state index is 5.76. The Hall–Kier alpha value is -1.67. The van der Waals surface area contributed by atoms with Gasteiger partial charge in [0.1, 0.15) is 12.5 Å². The van der Waals surface area contributed by atoms with Crippen LogP contribution < -0.4 is 0 Å². The Morgan fingerprint density at radius 3 is 2.95 bits per heavy atom. The summed E-state index contributed by atoms with van der Waals surface area (Å²) in [5, 5.41) is 0. The van der Waals surface area contributed by atoms with Crippen LogP contribution in [-0.4, -0.2) is 31.1 Å². The Bertz CT molecular complexity index is 603. The Labute approximate surface area is 121 Å². The molecule has 0 amide bonds. The molecule has 20 heavy (non-hydrogen) atoms. The first-order valence-electron chi connectivity index (χ1n) is 7.13. The molecule has 0 saturated heterocycles. The predicted molar refractivity (Wildman–Crippen MR) is 82.8 cm³/mol. The molecule has 0 spiro atoms. The zero-order chi connectivity index (χ0) is 14.3. The van der Waals surface area contributed by atoms with E-state index in [-0.39, 0.29) is 11.5 Å². The van der Waals surface area contributed by atoms with Crippen LogP contribution in [0.25, 0.3) is 0 Å². The van der Waals surface area contributed by atoms with Gasteiger partial charge in [0.15, 0.2) is 11.9 Å². The lowest BCUT2D eigenvalue weighted by Gasteiger charge is -2.36. The molecule has 104 valence electrons. The molecule has 2 aliphatic carbocycles. The van der Waals surface area contributed by atoms with E-state index in [1.54, 1.807) is 7.11 Å². The van der Waals surface area contributed by atoms with Gasteiger partial charge in [-0.2, -0.15) is 0 Å². The highest BCUT2D eigenvalue weighted by Gasteiger charge is 2.47. The molecule has 3 aliphatic rings. The van der Waals surface area contributed by atoms with E-state index in [1.807, 2.05) is 0 Å². The summed E-state index contributed by atoms with van der Waals surface area (Å²) in [6.07, 6.45) is 16.6. The van der Waals surface area contributed by atoms with Gasteiger partial charge in [-0.25, -0.2) is 4.58 Å². The van der Waals surface area contributed by atoms with Crippen molar-refractivity contribution in [3.05, 3.63) is 59.9 Å². The van der Waals surface area contributed by atoms with Crippen LogP contribution in [0.5, 0.6) is 0 Å². The maximum absolute atomic E-state index is 5.76. The molecule has 0 saturated carbocycles. The Kier molecular flexibility index (Phi) is 3.14. The lowest BCUT2D eigenvalue weighted by atomic mass is 9.71. The van der Waals surface area contributed by atoms with Crippen molar-refractivity contribution in [3.8, 4) is 0 Å². The van der Waals surface area contributed by atoms with Crippen LogP contribution in [0.3, 0.4) is 0 Å². The van der Waals surface area contributed by atoms with Crippen LogP contribution in [-0.2, 0) is 4.74 Å². The fraction of sp³-hybridized carbons (Fsp3) is 0.389. The minimum atomic E-state index is -0.148. The standard InChI is InChI=1S/C18H22NO/c1-13-10-14-8-9-15-6-5-7-17(20-4)18(15,2)16(11-14)19(3)12-13/h5-9,11-12,14,17H,1,10H2,2-4H3/q+1. The number of allylic oxidation sites excluding steroid dienone is 6. The maximum Gasteiger partial charge on any atom is 0.191 e. The summed E-state index contributed by atoms with van der Waals surface area (Å²) in [7, 11) is 3.90. The van der Waals surface area contributed by atoms with Gasteiger partial charge in [0, 0.05) is 18.6 Å². The van der Waals surface area contributed by atoms with Crippen molar-refractivity contribution < 1.29 is 9.31 Å². The first-order valence-corrected chi connectivity index (χ1v) is 7.13. The van der Waals surface area contributed by atoms with Crippen molar-refractivity contribution in [2.24, 2.45) is 11.3 Å². The largest absolute Gasteiger partial charge is 0.376 e. The molecule has 3 unspecified atom stereocenters. The summed E-state index contributed by atoms with van der Waals surface area (Å²) in [4.78, 5) is 0. The quantitative estimate of drug-likeness (QED) is 0.665. The highest BCUT2D eigenvalue weighted by molar-refractivity contribution is 5.74. The van der Waals surface area contributed by atoms with E-state index in [4.69, 9.17) is 4.74 Å². The highest BCUT2D eigenvalue weighted by Crippen LogP contribution is 2.46. The molecule has 2 bridgehead atoms. The molecule has 1 heterocycles. The second kappa shape index (κ2) is 4.71. The molecular weight excluding hydrogens is 246 g/mol. The van der Waals surface area contributed by atoms with Crippen LogP contribution in [0.4, 0.5) is 0 Å². The van der Waals surface area contributed by atoms with Crippen molar-refractivity contribution in [1.82, 2.24) is 0 Å². The van der Waals surface area contributed by atoms with E-state index >= 15 is 0 Å². The van der Waals surface area contributed by atoms with Crippen molar-refractivity contribution in [3.63, 3.8) is 0 Å². The van der Waals surface area contributed by atoms with Gasteiger partial charge in [0.2, 0.25) is 0 Å². The molecule has 0 aromatic carbocycles. The van der Waals surface area contributed by atoms with Gasteiger partial charge in [-0.05, 0) is 25.0 Å². The van der Waals surface area contributed by atoms with Gasteiger partial charge < -0.3 is 4.74 Å². The average molecular weight is 268 g/mol. The molecular formula is C18H22NO+. The molecule has 1 aliphatic heterocycles. The first-order chi connectivity index (χ1) is 9.55. The summed E-state index contributed by atoms with van der Waals surface area (Å²) < 4.78 is 7.98. The second-order valence-corrected chi connectivity index (χ2v) is 6.04. The van der Waals surface area contributed by atoms with E-state index in [0.29, 0.717) is 5.92 Å². The van der Waals surface area contributed by atoms with Gasteiger partial charge >= 0.3 is 0 Å². The summed E-state index contributed by atoms with van der Waals surface area (Å²) in [5.74, 6) is 0.416. The predicted octanol–water partition coefficient (Wildman–Crippen LogP) is 3.25. The van der Waals surface area contributed by atoms with Crippen LogP contribution in [0.2, 0.25) is 0 Å². The third kappa shape index (κ3) is 1.87. The summed E-state index contributed by atoms with van der Waals surface area (Å²) in [6, 6.07) is 0. The normalized spacial score (nSPS) is 35.5. The molecule has 0 aromatic rings. The van der Waals surface area contributed by atoms with E-state index in [1.165, 1.54) is 16.8 Å². The van der Waals surface area contributed by atoms with Crippen LogP contribution >= 0.6 is 0 Å². The van der Waals surface area contributed by atoms with Gasteiger partial charge in [-0.1, -0.05) is 37.0 Å². The lowest BCUT2D eigenvalue weighted by molar-refractivity contribution is -0.453. The van der Waals surface area contributed by atoms with E-state index in [2.05, 4.69) is 67.8 Å². The summed E-state index contributed by atoms with van der Waals surface area (Å²) >= 11 is 0. The van der Waals surface area contributed by atoms with E-state index in [0.717, 1.165) is 6.42 Å². The number of hydrogen-bond acceptors (Lipinski definition) is 1. The van der Waals surface area contributed by atoms with Gasteiger partial charge in [-0.3, -0.25) is 0 Å². The smallest absolute Gasteiger partial charge is 0.191 e. The first kappa shape index (κ1) is 13.3. The number of nitrogens with zero attached hydrogens (tertiary/aromatic N) is 1. The van der Waals surface area contributed by atoms with Crippen LogP contribution in [0.1, 0.15) is 13.3 Å². The highest BCUT2D eigenvalue weighted by atomic mass is 16.5. The molecule has 0 aromatic heterocycles. The van der Waals surface area contributed by atoms with Gasteiger partial charge in [-0.15, -0.1) is 0 Å². The topological polar surface area (TPSA) is 12.2 Å². The van der Waals surface area contributed by atoms with Gasteiger partial charge in [0.05, 0.1) is 6.10 Å². The number of fused-ring (bicyclic) bond motifs is 3. The molecule has 2 nitrogen and oxygen atoms in total. The molecule has 3 rings (SSSR count). The summed E-state index contributed by atoms with van der Waals surface area (Å²) in [6.45, 7) is 6.43. The van der Waals surface area contributed by atoms with Gasteiger partial charge in [0.25, 0.3) is 0 Å². The SMILES string of the molecule is C=C1C=[N+](C)C2=CC(C=CC3=CC=CC(OC)C32C)C1. The van der Waals surface area contributed by atoms with Crippen molar-refractivity contribution in [1.29, 1.82) is 0 Å². The number of rotatable bonds is 1. The monoisotopic (exact) mass is 268 g/mol. The fourth-order valence-electron chi connectivity index (χ4n) is 3.59. The second-order valence-electron chi connectivity index (χ2n) is 6.04. The Morgan fingerprint density at radius 2 is 2.20 bits per heavy atom. The van der Waals surface area contributed by atoms with E-state index in [9.17, 15) is 0 Å². The lowest BCUT2D eigenvalue weighted by Crippen LogP contribution is -2.40. The summed E-state index contributed by atoms with van der Waals surface area (Å²) in [5.41, 5.74) is 3.64. The number of hydrogen-bond donors (Lipinski definition) is 0. The fourth-order valence-corrected chi connectivity index (χ4v) is 3.59. The van der Waals surface area contributed by atoms with Crippen molar-refractivity contribution >= 4 is 6.21 Å². The average Bonchev–Trinajstić information content (AvgIpc) is 2.64. The third-order valence-corrected chi connectivity index (χ3v) is 4.67. The molecule has 0 fully saturated rings. The third-order valence-electron chi connectivity index (χ3n) is 4.67. The van der Waals surface area contributed by atoms with Crippen LogP contribution in [0, 0.1) is 11.3 Å². The number of methoxy groups -OCH3 is 1. The minimum Gasteiger partial charge on any atom is -0.376 e. The van der Waals surface area contributed by atoms with Crippen LogP contribution in [0.15, 0.2) is 59.9 Å². The minimum absolute atomic E-state index is 0.0550.